The van der Waals surface area contributed by atoms with Gasteiger partial charge in [-0.2, -0.15) is 0 Å². The quantitative estimate of drug-likeness (QED) is 0.419. The summed E-state index contributed by atoms with van der Waals surface area (Å²) >= 11 is 0. The van der Waals surface area contributed by atoms with Crippen molar-refractivity contribution in [3.05, 3.63) is 23.2 Å². The van der Waals surface area contributed by atoms with E-state index in [4.69, 9.17) is 10.3 Å². The van der Waals surface area contributed by atoms with Crippen molar-refractivity contribution in [3.8, 4) is 0 Å². The Morgan fingerprint density at radius 2 is 2.42 bits per heavy atom. The van der Waals surface area contributed by atoms with E-state index in [1.54, 1.807) is 6.07 Å². The Bertz CT molecular complexity index is 458. The number of amides is 1. The van der Waals surface area contributed by atoms with Crippen molar-refractivity contribution < 1.29 is 14.3 Å². The van der Waals surface area contributed by atoms with Gasteiger partial charge < -0.3 is 9.52 Å². The first-order chi connectivity index (χ1) is 9.01. The van der Waals surface area contributed by atoms with Gasteiger partial charge >= 0.3 is 5.91 Å². The fraction of sp³-hybridized carbons (Fsp3) is 0.615. The standard InChI is InChI=1S/C13H21N3O3/c1-8-3-4-16(7-11(8)17)6-10-5-12(13(18)15-14)19-9(10)2/h5,8,11,17H,3-4,6-7,14H2,1-2H3,(H,15,18). The number of hydrogen-bond donors (Lipinski definition) is 3. The lowest BCUT2D eigenvalue weighted by molar-refractivity contribution is 0.0257. The Morgan fingerprint density at radius 1 is 1.68 bits per heavy atom. The molecule has 6 heteroatoms. The number of hydrogen-bond acceptors (Lipinski definition) is 5. The molecule has 2 unspecified atom stereocenters. The molecule has 1 amide bonds. The van der Waals surface area contributed by atoms with Crippen molar-refractivity contribution in [1.82, 2.24) is 10.3 Å². The number of nitrogens with zero attached hydrogens (tertiary/aromatic N) is 1. The maximum atomic E-state index is 11.4. The predicted molar refractivity (Wildman–Crippen MR) is 70.2 cm³/mol. The molecule has 0 spiro atoms. The van der Waals surface area contributed by atoms with Gasteiger partial charge in [-0.1, -0.05) is 6.92 Å². The van der Waals surface area contributed by atoms with Gasteiger partial charge in [0.25, 0.3) is 0 Å². The average Bonchev–Trinajstić information content (AvgIpc) is 2.74. The van der Waals surface area contributed by atoms with Crippen LogP contribution in [0.3, 0.4) is 0 Å². The molecule has 0 radical (unpaired) electrons. The monoisotopic (exact) mass is 267 g/mol. The molecular weight excluding hydrogens is 246 g/mol. The molecule has 0 bridgehead atoms. The molecule has 0 saturated carbocycles. The van der Waals surface area contributed by atoms with Gasteiger partial charge in [0.1, 0.15) is 5.76 Å². The minimum absolute atomic E-state index is 0.223. The van der Waals surface area contributed by atoms with Gasteiger partial charge in [-0.3, -0.25) is 15.1 Å². The molecular formula is C13H21N3O3. The first-order valence-corrected chi connectivity index (χ1v) is 6.52. The van der Waals surface area contributed by atoms with Gasteiger partial charge in [0, 0.05) is 18.7 Å². The molecule has 1 aliphatic rings. The number of piperidine rings is 1. The lowest BCUT2D eigenvalue weighted by atomic mass is 9.96. The number of furan rings is 1. The fourth-order valence-electron chi connectivity index (χ4n) is 2.36. The van der Waals surface area contributed by atoms with E-state index in [2.05, 4.69) is 17.2 Å². The highest BCUT2D eigenvalue weighted by Gasteiger charge is 2.25. The van der Waals surface area contributed by atoms with Gasteiger partial charge in [-0.25, -0.2) is 5.84 Å². The lowest BCUT2D eigenvalue weighted by Gasteiger charge is -2.34. The molecule has 1 aromatic rings. The van der Waals surface area contributed by atoms with Crippen LogP contribution in [0, 0.1) is 12.8 Å². The van der Waals surface area contributed by atoms with Crippen LogP contribution in [-0.2, 0) is 6.54 Å². The normalized spacial score (nSPS) is 24.4. The first-order valence-electron chi connectivity index (χ1n) is 6.52. The predicted octanol–water partition coefficient (Wildman–Crippen LogP) is 0.394. The van der Waals surface area contributed by atoms with Crippen molar-refractivity contribution in [1.29, 1.82) is 0 Å². The van der Waals surface area contributed by atoms with Crippen LogP contribution >= 0.6 is 0 Å². The van der Waals surface area contributed by atoms with Crippen LogP contribution in [0.15, 0.2) is 10.5 Å². The highest BCUT2D eigenvalue weighted by atomic mass is 16.4. The molecule has 0 aliphatic carbocycles. The highest BCUT2D eigenvalue weighted by Crippen LogP contribution is 2.21. The van der Waals surface area contributed by atoms with Crippen LogP contribution in [-0.4, -0.2) is 35.1 Å². The Balaban J connectivity index is 2.03. The van der Waals surface area contributed by atoms with Crippen LogP contribution in [0.25, 0.3) is 0 Å². The molecule has 106 valence electrons. The maximum Gasteiger partial charge on any atom is 0.300 e. The Kier molecular flexibility index (Phi) is 4.24. The molecule has 19 heavy (non-hydrogen) atoms. The van der Waals surface area contributed by atoms with Crippen molar-refractivity contribution in [2.75, 3.05) is 13.1 Å². The van der Waals surface area contributed by atoms with E-state index in [0.29, 0.717) is 24.8 Å². The molecule has 2 rings (SSSR count). The zero-order valence-corrected chi connectivity index (χ0v) is 11.3. The summed E-state index contributed by atoms with van der Waals surface area (Å²) in [4.78, 5) is 13.6. The minimum atomic E-state index is -0.429. The number of hydrazine groups is 1. The Labute approximate surface area is 112 Å². The number of likely N-dealkylation sites (tertiary alicyclic amines) is 1. The van der Waals surface area contributed by atoms with E-state index >= 15 is 0 Å². The number of nitrogens with two attached hydrogens (primary N) is 1. The van der Waals surface area contributed by atoms with E-state index in [1.807, 2.05) is 6.92 Å². The van der Waals surface area contributed by atoms with Crippen LogP contribution in [0.4, 0.5) is 0 Å². The third-order valence-corrected chi connectivity index (χ3v) is 3.77. The Morgan fingerprint density at radius 3 is 3.05 bits per heavy atom. The van der Waals surface area contributed by atoms with Crippen LogP contribution in [0.2, 0.25) is 0 Å². The Hall–Kier alpha value is -1.37. The SMILES string of the molecule is Cc1oc(C(=O)NN)cc1CN1CCC(C)C(O)C1. The summed E-state index contributed by atoms with van der Waals surface area (Å²) in [6, 6.07) is 1.71. The van der Waals surface area contributed by atoms with Crippen LogP contribution < -0.4 is 11.3 Å². The van der Waals surface area contributed by atoms with Crippen molar-refractivity contribution >= 4 is 5.91 Å². The van der Waals surface area contributed by atoms with Gasteiger partial charge in [0.2, 0.25) is 0 Å². The summed E-state index contributed by atoms with van der Waals surface area (Å²) in [5.74, 6) is 5.93. The number of nitrogen functional groups attached to an aromatic ring is 1. The van der Waals surface area contributed by atoms with Gasteiger partial charge in [0.15, 0.2) is 5.76 Å². The van der Waals surface area contributed by atoms with E-state index < -0.39 is 5.91 Å². The van der Waals surface area contributed by atoms with Gasteiger partial charge in [-0.15, -0.1) is 0 Å². The highest BCUT2D eigenvalue weighted by molar-refractivity contribution is 5.91. The number of aliphatic hydroxyl groups is 1. The average molecular weight is 267 g/mol. The smallest absolute Gasteiger partial charge is 0.300 e. The third kappa shape index (κ3) is 3.15. The lowest BCUT2D eigenvalue weighted by Crippen LogP contribution is -2.42. The van der Waals surface area contributed by atoms with Crippen molar-refractivity contribution in [2.45, 2.75) is 32.9 Å². The number of β-amino-alcohol motifs (C(OH)–C–C–N with tert-alkyl or cyclic N) is 1. The zero-order valence-electron chi connectivity index (χ0n) is 11.3. The number of rotatable bonds is 3. The number of nitrogens with one attached hydrogen (secondary N) is 1. The first kappa shape index (κ1) is 14.0. The van der Waals surface area contributed by atoms with Gasteiger partial charge in [0.05, 0.1) is 6.10 Å². The molecule has 1 aromatic heterocycles. The molecule has 6 nitrogen and oxygen atoms in total. The summed E-state index contributed by atoms with van der Waals surface area (Å²) in [6.07, 6.45) is 0.696. The third-order valence-electron chi connectivity index (χ3n) is 3.77. The number of aliphatic hydroxyl groups excluding tert-OH is 1. The molecule has 2 atom stereocenters. The van der Waals surface area contributed by atoms with Gasteiger partial charge in [-0.05, 0) is 31.9 Å². The summed E-state index contributed by atoms with van der Waals surface area (Å²) in [5, 5.41) is 9.88. The number of carbonyl (C=O) groups excluding carboxylic acids is 1. The summed E-state index contributed by atoms with van der Waals surface area (Å²) in [7, 11) is 0. The second-order valence-corrected chi connectivity index (χ2v) is 5.23. The van der Waals surface area contributed by atoms with Crippen LogP contribution in [0.5, 0.6) is 0 Å². The maximum absolute atomic E-state index is 11.4. The second kappa shape index (κ2) is 5.73. The van der Waals surface area contributed by atoms with E-state index in [0.717, 1.165) is 18.5 Å². The van der Waals surface area contributed by atoms with Crippen molar-refractivity contribution in [2.24, 2.45) is 11.8 Å². The summed E-state index contributed by atoms with van der Waals surface area (Å²) in [6.45, 7) is 6.17. The fourth-order valence-corrected chi connectivity index (χ4v) is 2.36. The minimum Gasteiger partial charge on any atom is -0.456 e. The summed E-state index contributed by atoms with van der Waals surface area (Å²) in [5.41, 5.74) is 3.01. The topological polar surface area (TPSA) is 91.7 Å². The van der Waals surface area contributed by atoms with E-state index in [1.165, 1.54) is 0 Å². The second-order valence-electron chi connectivity index (χ2n) is 5.23. The molecule has 1 fully saturated rings. The zero-order chi connectivity index (χ0) is 14.0. The van der Waals surface area contributed by atoms with Crippen molar-refractivity contribution in [3.63, 3.8) is 0 Å². The summed E-state index contributed by atoms with van der Waals surface area (Å²) < 4.78 is 5.38. The van der Waals surface area contributed by atoms with E-state index in [-0.39, 0.29) is 11.9 Å². The molecule has 2 heterocycles. The molecule has 4 N–H and O–H groups in total. The van der Waals surface area contributed by atoms with E-state index in [9.17, 15) is 9.90 Å². The number of aryl methyl sites for hydroxylation is 1. The molecule has 0 aromatic carbocycles. The largest absolute Gasteiger partial charge is 0.456 e. The van der Waals surface area contributed by atoms with Crippen LogP contribution in [0.1, 0.15) is 35.2 Å². The molecule has 1 saturated heterocycles. The number of carbonyl (C=O) groups is 1. The molecule has 1 aliphatic heterocycles.